The molecule has 126 valence electrons. The van der Waals surface area contributed by atoms with Gasteiger partial charge in [0.2, 0.25) is 0 Å². The first-order valence-corrected chi connectivity index (χ1v) is 7.85. The van der Waals surface area contributed by atoms with Gasteiger partial charge in [0.15, 0.2) is 18.1 Å². The normalized spacial score (nSPS) is 20.9. The molecule has 1 amide bonds. The van der Waals surface area contributed by atoms with Crippen molar-refractivity contribution in [3.63, 3.8) is 0 Å². The van der Waals surface area contributed by atoms with Gasteiger partial charge in [-0.1, -0.05) is 12.2 Å². The molecule has 2 atom stereocenters. The molecule has 0 radical (unpaired) electrons. The molecule has 0 aromatic heterocycles. The Morgan fingerprint density at radius 1 is 1.35 bits per heavy atom. The predicted molar refractivity (Wildman–Crippen MR) is 91.0 cm³/mol. The molecule has 2 unspecified atom stereocenters. The van der Waals surface area contributed by atoms with Crippen molar-refractivity contribution in [1.29, 1.82) is 0 Å². The maximum absolute atomic E-state index is 10.8. The highest BCUT2D eigenvalue weighted by molar-refractivity contribution is 7.80. The number of nitrogens with two attached hydrogens (primary N) is 1. The van der Waals surface area contributed by atoms with E-state index in [-0.39, 0.29) is 18.8 Å². The number of methoxy groups -OCH3 is 1. The smallest absolute Gasteiger partial charge is 0.255 e. The van der Waals surface area contributed by atoms with Crippen LogP contribution in [0.25, 0.3) is 0 Å². The summed E-state index contributed by atoms with van der Waals surface area (Å²) >= 11 is 5.60. The van der Waals surface area contributed by atoms with Gasteiger partial charge in [-0.2, -0.15) is 0 Å². The van der Waals surface area contributed by atoms with Crippen LogP contribution < -0.4 is 15.2 Å². The standard InChI is InChI=1S/C16H22N2O4S/c1-10-7-18(8-11(2)22-10)16(23)12-4-5-13(14(6-12)20-3)21-9-15(17)19/h4-6,10-11H,7-9H2,1-3H3,(H2,17,19). The maximum Gasteiger partial charge on any atom is 0.255 e. The molecule has 2 rings (SSSR count). The number of amides is 1. The number of morpholine rings is 1. The molecule has 1 aliphatic heterocycles. The highest BCUT2D eigenvalue weighted by atomic mass is 32.1. The van der Waals surface area contributed by atoms with Gasteiger partial charge in [0, 0.05) is 18.7 Å². The summed E-state index contributed by atoms with van der Waals surface area (Å²) in [7, 11) is 1.54. The topological polar surface area (TPSA) is 74.0 Å². The Hall–Kier alpha value is -1.86. The third-order valence-electron chi connectivity index (χ3n) is 3.49. The number of thiocarbonyl (C=S) groups is 1. The highest BCUT2D eigenvalue weighted by Gasteiger charge is 2.25. The van der Waals surface area contributed by atoms with Crippen LogP contribution in [0.15, 0.2) is 18.2 Å². The lowest BCUT2D eigenvalue weighted by Crippen LogP contribution is -2.47. The van der Waals surface area contributed by atoms with Crippen molar-refractivity contribution in [2.75, 3.05) is 26.8 Å². The summed E-state index contributed by atoms with van der Waals surface area (Å²) in [4.78, 5) is 13.7. The van der Waals surface area contributed by atoms with Crippen LogP contribution in [0.2, 0.25) is 0 Å². The van der Waals surface area contributed by atoms with E-state index in [2.05, 4.69) is 4.90 Å². The fourth-order valence-corrected chi connectivity index (χ4v) is 2.87. The van der Waals surface area contributed by atoms with Crippen LogP contribution in [0.3, 0.4) is 0 Å². The lowest BCUT2D eigenvalue weighted by molar-refractivity contribution is -0.119. The van der Waals surface area contributed by atoms with E-state index >= 15 is 0 Å². The number of hydrogen-bond donors (Lipinski definition) is 1. The van der Waals surface area contributed by atoms with Gasteiger partial charge < -0.3 is 24.8 Å². The van der Waals surface area contributed by atoms with E-state index in [0.29, 0.717) is 11.5 Å². The Kier molecular flexibility index (Phi) is 5.79. The molecule has 2 N–H and O–H groups in total. The van der Waals surface area contributed by atoms with E-state index in [0.717, 1.165) is 23.6 Å². The van der Waals surface area contributed by atoms with Gasteiger partial charge in [0.1, 0.15) is 4.99 Å². The zero-order chi connectivity index (χ0) is 17.0. The number of hydrogen-bond acceptors (Lipinski definition) is 5. The van der Waals surface area contributed by atoms with Crippen LogP contribution in [0.1, 0.15) is 19.4 Å². The third kappa shape index (κ3) is 4.56. The second-order valence-electron chi connectivity index (χ2n) is 5.59. The van der Waals surface area contributed by atoms with Crippen molar-refractivity contribution in [3.05, 3.63) is 23.8 Å². The van der Waals surface area contributed by atoms with Crippen molar-refractivity contribution in [2.45, 2.75) is 26.1 Å². The van der Waals surface area contributed by atoms with Crippen molar-refractivity contribution in [2.24, 2.45) is 5.73 Å². The molecular weight excluding hydrogens is 316 g/mol. The minimum absolute atomic E-state index is 0.136. The van der Waals surface area contributed by atoms with Gasteiger partial charge >= 0.3 is 0 Å². The molecule has 1 aromatic carbocycles. The number of benzene rings is 1. The molecule has 1 aliphatic rings. The summed E-state index contributed by atoms with van der Waals surface area (Å²) in [6, 6.07) is 5.39. The SMILES string of the molecule is COc1cc(C(=S)N2CC(C)OC(C)C2)ccc1OCC(N)=O. The van der Waals surface area contributed by atoms with Crippen molar-refractivity contribution < 1.29 is 19.0 Å². The molecule has 1 saturated heterocycles. The number of nitrogens with zero attached hydrogens (tertiary/aromatic N) is 1. The van der Waals surface area contributed by atoms with Crippen LogP contribution in [0.4, 0.5) is 0 Å². The first kappa shape index (κ1) is 17.5. The number of carbonyl (C=O) groups is 1. The van der Waals surface area contributed by atoms with Crippen LogP contribution in [-0.2, 0) is 9.53 Å². The summed E-state index contributed by atoms with van der Waals surface area (Å²) in [5.41, 5.74) is 5.95. The van der Waals surface area contributed by atoms with Gasteiger partial charge in [-0.3, -0.25) is 4.79 Å². The first-order chi connectivity index (χ1) is 10.9. The molecule has 7 heteroatoms. The highest BCUT2D eigenvalue weighted by Crippen LogP contribution is 2.29. The second-order valence-corrected chi connectivity index (χ2v) is 5.97. The van der Waals surface area contributed by atoms with Crippen molar-refractivity contribution in [3.8, 4) is 11.5 Å². The molecule has 0 spiro atoms. The van der Waals surface area contributed by atoms with E-state index in [9.17, 15) is 4.79 Å². The minimum Gasteiger partial charge on any atom is -0.493 e. The molecule has 1 aromatic rings. The van der Waals surface area contributed by atoms with Gasteiger partial charge in [-0.15, -0.1) is 0 Å². The Labute approximate surface area is 141 Å². The van der Waals surface area contributed by atoms with Crippen LogP contribution >= 0.6 is 12.2 Å². The van der Waals surface area contributed by atoms with E-state index in [1.54, 1.807) is 6.07 Å². The average molecular weight is 338 g/mol. The summed E-state index contributed by atoms with van der Waals surface area (Å²) in [5, 5.41) is 0. The van der Waals surface area contributed by atoms with Crippen LogP contribution in [0.5, 0.6) is 11.5 Å². The van der Waals surface area contributed by atoms with Gasteiger partial charge in [0.25, 0.3) is 5.91 Å². The summed E-state index contributed by atoms with van der Waals surface area (Å²) in [5.74, 6) is 0.435. The molecule has 0 aliphatic carbocycles. The third-order valence-corrected chi connectivity index (χ3v) is 3.98. The average Bonchev–Trinajstić information content (AvgIpc) is 2.51. The van der Waals surface area contributed by atoms with E-state index in [1.807, 2.05) is 26.0 Å². The first-order valence-electron chi connectivity index (χ1n) is 7.44. The van der Waals surface area contributed by atoms with Crippen LogP contribution in [0, 0.1) is 0 Å². The molecule has 0 bridgehead atoms. The molecule has 1 fully saturated rings. The van der Waals surface area contributed by atoms with E-state index in [1.165, 1.54) is 7.11 Å². The fraction of sp³-hybridized carbons (Fsp3) is 0.500. The summed E-state index contributed by atoms with van der Waals surface area (Å²) in [6.45, 7) is 5.38. The maximum atomic E-state index is 10.8. The number of primary amides is 1. The zero-order valence-corrected chi connectivity index (χ0v) is 14.4. The van der Waals surface area contributed by atoms with Crippen LogP contribution in [-0.4, -0.2) is 54.8 Å². The number of rotatable bonds is 5. The fourth-order valence-electron chi connectivity index (χ4n) is 2.60. The van der Waals surface area contributed by atoms with Crippen molar-refractivity contribution in [1.82, 2.24) is 4.90 Å². The second kappa shape index (κ2) is 7.61. The Balaban J connectivity index is 2.16. The van der Waals surface area contributed by atoms with Gasteiger partial charge in [-0.05, 0) is 32.0 Å². The molecule has 6 nitrogen and oxygen atoms in total. The predicted octanol–water partition coefficient (Wildman–Crippen LogP) is 1.34. The minimum atomic E-state index is -0.539. The molecular formula is C16H22N2O4S. The number of carbonyl (C=O) groups excluding carboxylic acids is 1. The number of ether oxygens (including phenoxy) is 3. The largest absolute Gasteiger partial charge is 0.493 e. The summed E-state index contributed by atoms with van der Waals surface area (Å²) < 4.78 is 16.4. The van der Waals surface area contributed by atoms with Crippen molar-refractivity contribution >= 4 is 23.1 Å². The van der Waals surface area contributed by atoms with Gasteiger partial charge in [0.05, 0.1) is 19.3 Å². The summed E-state index contributed by atoms with van der Waals surface area (Å²) in [6.07, 6.45) is 0.272. The lowest BCUT2D eigenvalue weighted by atomic mass is 10.1. The zero-order valence-electron chi connectivity index (χ0n) is 13.6. The Bertz CT molecular complexity index is 583. The quantitative estimate of drug-likeness (QED) is 0.817. The van der Waals surface area contributed by atoms with Gasteiger partial charge in [-0.25, -0.2) is 0 Å². The lowest BCUT2D eigenvalue weighted by Gasteiger charge is -2.37. The monoisotopic (exact) mass is 338 g/mol. The molecule has 1 heterocycles. The Morgan fingerprint density at radius 3 is 2.57 bits per heavy atom. The van der Waals surface area contributed by atoms with E-state index in [4.69, 9.17) is 32.2 Å². The molecule has 0 saturated carbocycles. The van der Waals surface area contributed by atoms with E-state index < -0.39 is 5.91 Å². The molecule has 23 heavy (non-hydrogen) atoms. The Morgan fingerprint density at radius 2 is 2.00 bits per heavy atom.